The summed E-state index contributed by atoms with van der Waals surface area (Å²) in [6.07, 6.45) is 0.00501. The number of nitrogens with zero attached hydrogens (tertiary/aromatic N) is 2. The minimum absolute atomic E-state index is 0.00501. The quantitative estimate of drug-likeness (QED) is 0.463. The van der Waals surface area contributed by atoms with Crippen LogP contribution in [0.1, 0.15) is 33.2 Å². The highest BCUT2D eigenvalue weighted by molar-refractivity contribution is 5.92. The molecule has 0 saturated carbocycles. The molecular formula is C23H29N3O4. The summed E-state index contributed by atoms with van der Waals surface area (Å²) in [6.45, 7) is 4.74. The molecule has 0 radical (unpaired) electrons. The van der Waals surface area contributed by atoms with Gasteiger partial charge in [-0.3, -0.25) is 4.99 Å². The zero-order valence-corrected chi connectivity index (χ0v) is 18.0. The number of hydrogen-bond donors (Lipinski definition) is 1. The van der Waals surface area contributed by atoms with E-state index in [1.54, 1.807) is 19.2 Å². The van der Waals surface area contributed by atoms with E-state index in [0.717, 1.165) is 24.6 Å². The predicted octanol–water partition coefficient (Wildman–Crippen LogP) is 2.94. The Bertz CT molecular complexity index is 913. The van der Waals surface area contributed by atoms with Gasteiger partial charge < -0.3 is 24.4 Å². The van der Waals surface area contributed by atoms with Gasteiger partial charge >= 0.3 is 5.97 Å². The fourth-order valence-corrected chi connectivity index (χ4v) is 3.63. The third kappa shape index (κ3) is 4.91. The molecule has 1 aliphatic rings. The summed E-state index contributed by atoms with van der Waals surface area (Å²) in [5.41, 5.74) is 3.76. The number of guanidine groups is 1. The van der Waals surface area contributed by atoms with Gasteiger partial charge in [0, 0.05) is 20.1 Å². The van der Waals surface area contributed by atoms with Crippen molar-refractivity contribution in [3.05, 3.63) is 64.7 Å². The Hall–Kier alpha value is -3.06. The largest absolute Gasteiger partial charge is 0.496 e. The number of aliphatic imine (C=N–C) groups is 1. The number of carbonyl (C=O) groups is 1. The standard InChI is InChI=1S/C23H29N3O4/c1-16-7-5-6-8-18(16)21-15-26(11-12-30-21)23(24-2)25-14-17-9-10-20(28-3)19(13-17)22(27)29-4/h5-10,13,21H,11-12,14-15H2,1-4H3,(H,24,25). The average molecular weight is 412 g/mol. The molecule has 0 bridgehead atoms. The number of carbonyl (C=O) groups excluding carboxylic acids is 1. The second kappa shape index (κ2) is 10.1. The maximum Gasteiger partial charge on any atom is 0.341 e. The Morgan fingerprint density at radius 1 is 1.27 bits per heavy atom. The highest BCUT2D eigenvalue weighted by Crippen LogP contribution is 2.25. The zero-order chi connectivity index (χ0) is 21.5. The molecule has 7 heteroatoms. The smallest absolute Gasteiger partial charge is 0.341 e. The SMILES string of the molecule is CN=C(NCc1ccc(OC)c(C(=O)OC)c1)N1CCOC(c2ccccc2C)C1. The topological polar surface area (TPSA) is 72.4 Å². The number of methoxy groups -OCH3 is 2. The molecule has 0 aromatic heterocycles. The van der Waals surface area contributed by atoms with E-state index in [4.69, 9.17) is 14.2 Å². The lowest BCUT2D eigenvalue weighted by atomic mass is 10.0. The van der Waals surface area contributed by atoms with E-state index >= 15 is 0 Å². The first-order valence-corrected chi connectivity index (χ1v) is 9.95. The summed E-state index contributed by atoms with van der Waals surface area (Å²) in [5, 5.41) is 3.39. The molecule has 0 aliphatic carbocycles. The number of esters is 1. The van der Waals surface area contributed by atoms with Gasteiger partial charge in [0.05, 0.1) is 27.4 Å². The van der Waals surface area contributed by atoms with Crippen LogP contribution in [0.5, 0.6) is 5.75 Å². The van der Waals surface area contributed by atoms with Crippen molar-refractivity contribution in [2.24, 2.45) is 4.99 Å². The zero-order valence-electron chi connectivity index (χ0n) is 18.0. The van der Waals surface area contributed by atoms with E-state index in [1.165, 1.54) is 25.3 Å². The summed E-state index contributed by atoms with van der Waals surface area (Å²) in [6, 6.07) is 13.8. The van der Waals surface area contributed by atoms with Crippen molar-refractivity contribution in [1.29, 1.82) is 0 Å². The van der Waals surface area contributed by atoms with E-state index in [1.807, 2.05) is 18.2 Å². The van der Waals surface area contributed by atoms with Crippen molar-refractivity contribution in [3.63, 3.8) is 0 Å². The molecule has 0 spiro atoms. The number of ether oxygens (including phenoxy) is 3. The lowest BCUT2D eigenvalue weighted by Gasteiger charge is -2.35. The van der Waals surface area contributed by atoms with Gasteiger partial charge in [-0.25, -0.2) is 4.79 Å². The molecule has 1 heterocycles. The Morgan fingerprint density at radius 3 is 2.77 bits per heavy atom. The van der Waals surface area contributed by atoms with Crippen LogP contribution in [0.15, 0.2) is 47.5 Å². The third-order valence-corrected chi connectivity index (χ3v) is 5.23. The van der Waals surface area contributed by atoms with Crippen LogP contribution in [0.4, 0.5) is 0 Å². The van der Waals surface area contributed by atoms with Gasteiger partial charge in [-0.15, -0.1) is 0 Å². The molecule has 1 fully saturated rings. The van der Waals surface area contributed by atoms with Gasteiger partial charge in [-0.05, 0) is 35.7 Å². The van der Waals surface area contributed by atoms with Gasteiger partial charge in [0.1, 0.15) is 17.4 Å². The molecule has 0 amide bonds. The molecule has 1 N–H and O–H groups in total. The monoisotopic (exact) mass is 411 g/mol. The van der Waals surface area contributed by atoms with Crippen LogP contribution >= 0.6 is 0 Å². The molecule has 7 nitrogen and oxygen atoms in total. The average Bonchev–Trinajstić information content (AvgIpc) is 2.79. The Kier molecular flexibility index (Phi) is 7.30. The Labute approximate surface area is 177 Å². The van der Waals surface area contributed by atoms with E-state index in [2.05, 4.69) is 34.3 Å². The van der Waals surface area contributed by atoms with E-state index in [0.29, 0.717) is 24.5 Å². The number of hydrogen-bond acceptors (Lipinski definition) is 5. The summed E-state index contributed by atoms with van der Waals surface area (Å²) in [4.78, 5) is 18.7. The van der Waals surface area contributed by atoms with Crippen LogP contribution in [-0.4, -0.2) is 57.8 Å². The van der Waals surface area contributed by atoms with E-state index in [9.17, 15) is 4.79 Å². The highest BCUT2D eigenvalue weighted by Gasteiger charge is 2.25. The normalized spacial score (nSPS) is 16.9. The van der Waals surface area contributed by atoms with Crippen LogP contribution in [-0.2, 0) is 16.0 Å². The summed E-state index contributed by atoms with van der Waals surface area (Å²) >= 11 is 0. The highest BCUT2D eigenvalue weighted by atomic mass is 16.5. The Balaban J connectivity index is 1.69. The van der Waals surface area contributed by atoms with Crippen molar-refractivity contribution in [2.45, 2.75) is 19.6 Å². The fraction of sp³-hybridized carbons (Fsp3) is 0.391. The molecule has 1 unspecified atom stereocenters. The maximum absolute atomic E-state index is 12.0. The first kappa shape index (κ1) is 21.6. The van der Waals surface area contributed by atoms with Gasteiger partial charge in [0.25, 0.3) is 0 Å². The first-order chi connectivity index (χ1) is 14.6. The number of aryl methyl sites for hydroxylation is 1. The van der Waals surface area contributed by atoms with Crippen LogP contribution in [0.25, 0.3) is 0 Å². The predicted molar refractivity (Wildman–Crippen MR) is 116 cm³/mol. The van der Waals surface area contributed by atoms with E-state index < -0.39 is 5.97 Å². The molecule has 2 aromatic carbocycles. The molecule has 1 atom stereocenters. The van der Waals surface area contributed by atoms with Crippen molar-refractivity contribution in [3.8, 4) is 5.75 Å². The lowest BCUT2D eigenvalue weighted by Crippen LogP contribution is -2.48. The minimum atomic E-state index is -0.424. The van der Waals surface area contributed by atoms with E-state index in [-0.39, 0.29) is 6.10 Å². The van der Waals surface area contributed by atoms with Crippen LogP contribution in [0.2, 0.25) is 0 Å². The number of nitrogens with one attached hydrogen (secondary N) is 1. The number of morpholine rings is 1. The molecule has 160 valence electrons. The maximum atomic E-state index is 12.0. The number of rotatable bonds is 5. The first-order valence-electron chi connectivity index (χ1n) is 9.95. The third-order valence-electron chi connectivity index (χ3n) is 5.23. The van der Waals surface area contributed by atoms with Gasteiger partial charge in [0.15, 0.2) is 5.96 Å². The summed E-state index contributed by atoms with van der Waals surface area (Å²) in [7, 11) is 4.66. The van der Waals surface area contributed by atoms with Gasteiger partial charge in [-0.1, -0.05) is 30.3 Å². The summed E-state index contributed by atoms with van der Waals surface area (Å²) in [5.74, 6) is 0.865. The molecular weight excluding hydrogens is 382 g/mol. The second-order valence-electron chi connectivity index (χ2n) is 7.09. The second-order valence-corrected chi connectivity index (χ2v) is 7.09. The van der Waals surface area contributed by atoms with Crippen molar-refractivity contribution >= 4 is 11.9 Å². The van der Waals surface area contributed by atoms with Gasteiger partial charge in [0.2, 0.25) is 0 Å². The molecule has 1 saturated heterocycles. The fourth-order valence-electron chi connectivity index (χ4n) is 3.63. The van der Waals surface area contributed by atoms with Crippen molar-refractivity contribution in [1.82, 2.24) is 10.2 Å². The number of benzene rings is 2. The minimum Gasteiger partial charge on any atom is -0.496 e. The molecule has 2 aromatic rings. The van der Waals surface area contributed by atoms with Crippen molar-refractivity contribution in [2.75, 3.05) is 41.0 Å². The lowest BCUT2D eigenvalue weighted by molar-refractivity contribution is -0.00834. The van der Waals surface area contributed by atoms with Crippen molar-refractivity contribution < 1.29 is 19.0 Å². The van der Waals surface area contributed by atoms with Crippen LogP contribution in [0.3, 0.4) is 0 Å². The van der Waals surface area contributed by atoms with Crippen LogP contribution in [0, 0.1) is 6.92 Å². The molecule has 30 heavy (non-hydrogen) atoms. The van der Waals surface area contributed by atoms with Gasteiger partial charge in [-0.2, -0.15) is 0 Å². The molecule has 1 aliphatic heterocycles. The summed E-state index contributed by atoms with van der Waals surface area (Å²) < 4.78 is 16.1. The molecule has 3 rings (SSSR count). The van der Waals surface area contributed by atoms with Crippen LogP contribution < -0.4 is 10.1 Å². The Morgan fingerprint density at radius 2 is 2.07 bits per heavy atom.